The van der Waals surface area contributed by atoms with E-state index in [2.05, 4.69) is 20.1 Å². The number of alkyl halides is 2. The van der Waals surface area contributed by atoms with Crippen molar-refractivity contribution in [3.05, 3.63) is 23.8 Å². The third-order valence-corrected chi connectivity index (χ3v) is 2.87. The van der Waals surface area contributed by atoms with Crippen LogP contribution in [0.5, 0.6) is 11.5 Å². The molecule has 92 valence electrons. The Morgan fingerprint density at radius 1 is 1.18 bits per heavy atom. The van der Waals surface area contributed by atoms with Crippen LogP contribution < -0.4 is 20.1 Å². The van der Waals surface area contributed by atoms with Crippen LogP contribution in [0.2, 0.25) is 0 Å². The normalized spacial score (nSPS) is 25.9. The van der Waals surface area contributed by atoms with Crippen molar-refractivity contribution in [2.24, 2.45) is 0 Å². The maximum atomic E-state index is 12.8. The summed E-state index contributed by atoms with van der Waals surface area (Å²) in [6.07, 6.45) is -3.54. The molecule has 0 amide bonds. The van der Waals surface area contributed by atoms with Gasteiger partial charge in [-0.1, -0.05) is 6.07 Å². The van der Waals surface area contributed by atoms with E-state index in [-0.39, 0.29) is 17.5 Å². The van der Waals surface area contributed by atoms with E-state index in [1.54, 1.807) is 12.1 Å². The van der Waals surface area contributed by atoms with E-state index >= 15 is 0 Å². The second kappa shape index (κ2) is 3.82. The van der Waals surface area contributed by atoms with Gasteiger partial charge in [0.1, 0.15) is 0 Å². The molecule has 0 aromatic heterocycles. The maximum Gasteiger partial charge on any atom is 0.586 e. The van der Waals surface area contributed by atoms with Crippen LogP contribution in [-0.2, 0) is 0 Å². The summed E-state index contributed by atoms with van der Waals surface area (Å²) in [5.74, 6) is 0.183. The molecule has 0 radical (unpaired) electrons. The van der Waals surface area contributed by atoms with Gasteiger partial charge in [0.15, 0.2) is 11.5 Å². The number of piperazine rings is 1. The van der Waals surface area contributed by atoms with E-state index in [4.69, 9.17) is 0 Å². The first-order chi connectivity index (χ1) is 8.14. The second-order valence-corrected chi connectivity index (χ2v) is 4.08. The van der Waals surface area contributed by atoms with Crippen molar-refractivity contribution >= 4 is 0 Å². The lowest BCUT2D eigenvalue weighted by molar-refractivity contribution is -0.286. The maximum absolute atomic E-state index is 12.8. The minimum Gasteiger partial charge on any atom is -0.395 e. The highest BCUT2D eigenvalue weighted by molar-refractivity contribution is 5.46. The van der Waals surface area contributed by atoms with Gasteiger partial charge >= 0.3 is 6.29 Å². The molecule has 2 N–H and O–H groups in total. The van der Waals surface area contributed by atoms with Crippen LogP contribution in [0.3, 0.4) is 0 Å². The van der Waals surface area contributed by atoms with Crippen molar-refractivity contribution in [1.29, 1.82) is 0 Å². The molecule has 17 heavy (non-hydrogen) atoms. The number of nitrogens with one attached hydrogen (secondary N) is 2. The zero-order valence-electron chi connectivity index (χ0n) is 9.00. The van der Waals surface area contributed by atoms with Crippen LogP contribution in [-0.4, -0.2) is 25.9 Å². The van der Waals surface area contributed by atoms with Crippen LogP contribution >= 0.6 is 0 Å². The Kier molecular flexibility index (Phi) is 2.41. The Hall–Kier alpha value is -1.40. The molecule has 1 aromatic carbocycles. The van der Waals surface area contributed by atoms with Gasteiger partial charge in [-0.05, 0) is 17.7 Å². The van der Waals surface area contributed by atoms with Crippen molar-refractivity contribution in [1.82, 2.24) is 10.6 Å². The quantitative estimate of drug-likeness (QED) is 0.777. The highest BCUT2D eigenvalue weighted by atomic mass is 19.3. The van der Waals surface area contributed by atoms with Crippen molar-refractivity contribution in [2.75, 3.05) is 19.6 Å². The molecule has 0 aliphatic carbocycles. The Morgan fingerprint density at radius 2 is 2.00 bits per heavy atom. The van der Waals surface area contributed by atoms with E-state index in [0.29, 0.717) is 0 Å². The van der Waals surface area contributed by atoms with E-state index in [9.17, 15) is 8.78 Å². The molecule has 0 bridgehead atoms. The van der Waals surface area contributed by atoms with Gasteiger partial charge in [-0.25, -0.2) is 0 Å². The van der Waals surface area contributed by atoms with Crippen molar-refractivity contribution in [2.45, 2.75) is 12.3 Å². The fourth-order valence-electron chi connectivity index (χ4n) is 2.07. The molecule has 2 aliphatic rings. The lowest BCUT2D eigenvalue weighted by Crippen LogP contribution is -2.42. The summed E-state index contributed by atoms with van der Waals surface area (Å²) in [7, 11) is 0. The summed E-state index contributed by atoms with van der Waals surface area (Å²) in [6, 6.07) is 5.00. The standard InChI is InChI=1S/C11H12F2N2O2/c12-11(13)16-9-2-1-7(5-10(9)17-11)8-6-14-3-4-15-8/h1-2,5,8,14-15H,3-4,6H2/t8-/m1/s1. The summed E-state index contributed by atoms with van der Waals surface area (Å²) in [5, 5.41) is 6.54. The van der Waals surface area contributed by atoms with Crippen LogP contribution in [0.25, 0.3) is 0 Å². The lowest BCUT2D eigenvalue weighted by Gasteiger charge is -2.24. The highest BCUT2D eigenvalue weighted by Gasteiger charge is 2.43. The van der Waals surface area contributed by atoms with Crippen molar-refractivity contribution in [3.8, 4) is 11.5 Å². The zero-order chi connectivity index (χ0) is 11.9. The topological polar surface area (TPSA) is 42.5 Å². The Labute approximate surface area is 96.9 Å². The monoisotopic (exact) mass is 242 g/mol. The molecule has 0 spiro atoms. The number of halogens is 2. The average molecular weight is 242 g/mol. The first-order valence-corrected chi connectivity index (χ1v) is 5.48. The van der Waals surface area contributed by atoms with Gasteiger partial charge in [-0.2, -0.15) is 0 Å². The Balaban J connectivity index is 1.85. The SMILES string of the molecule is FC1(F)Oc2ccc([C@H]3CNCCN3)cc2O1. The van der Waals surface area contributed by atoms with Gasteiger partial charge in [0.05, 0.1) is 0 Å². The van der Waals surface area contributed by atoms with E-state index in [1.165, 1.54) is 6.07 Å². The summed E-state index contributed by atoms with van der Waals surface area (Å²) in [4.78, 5) is 0. The number of fused-ring (bicyclic) bond motifs is 1. The molecule has 0 saturated carbocycles. The third-order valence-electron chi connectivity index (χ3n) is 2.87. The number of hydrogen-bond donors (Lipinski definition) is 2. The molecule has 0 unspecified atom stereocenters. The molecule has 1 aromatic rings. The van der Waals surface area contributed by atoms with Crippen LogP contribution in [0.15, 0.2) is 18.2 Å². The van der Waals surface area contributed by atoms with E-state index in [1.807, 2.05) is 0 Å². The fraction of sp³-hybridized carbons (Fsp3) is 0.455. The fourth-order valence-corrected chi connectivity index (χ4v) is 2.07. The van der Waals surface area contributed by atoms with Gasteiger partial charge in [-0.3, -0.25) is 0 Å². The van der Waals surface area contributed by atoms with Crippen LogP contribution in [0.4, 0.5) is 8.78 Å². The van der Waals surface area contributed by atoms with E-state index in [0.717, 1.165) is 25.2 Å². The molecule has 4 nitrogen and oxygen atoms in total. The third kappa shape index (κ3) is 2.05. The summed E-state index contributed by atoms with van der Waals surface area (Å²) in [5.41, 5.74) is 0.914. The number of hydrogen-bond acceptors (Lipinski definition) is 4. The molecule has 2 heterocycles. The molecule has 6 heteroatoms. The Bertz CT molecular complexity index is 433. The molecule has 3 rings (SSSR count). The van der Waals surface area contributed by atoms with Gasteiger partial charge in [0, 0.05) is 25.7 Å². The summed E-state index contributed by atoms with van der Waals surface area (Å²) >= 11 is 0. The van der Waals surface area contributed by atoms with Gasteiger partial charge < -0.3 is 20.1 Å². The summed E-state index contributed by atoms with van der Waals surface area (Å²) in [6.45, 7) is 2.55. The minimum atomic E-state index is -3.54. The largest absolute Gasteiger partial charge is 0.586 e. The van der Waals surface area contributed by atoms with Crippen LogP contribution in [0, 0.1) is 0 Å². The highest BCUT2D eigenvalue weighted by Crippen LogP contribution is 2.41. The van der Waals surface area contributed by atoms with E-state index < -0.39 is 6.29 Å². The molecular weight excluding hydrogens is 230 g/mol. The number of ether oxygens (including phenoxy) is 2. The molecule has 2 aliphatic heterocycles. The molecule has 1 saturated heterocycles. The first-order valence-electron chi connectivity index (χ1n) is 5.48. The molecule has 1 fully saturated rings. The summed E-state index contributed by atoms with van der Waals surface area (Å²) < 4.78 is 34.4. The number of benzene rings is 1. The zero-order valence-corrected chi connectivity index (χ0v) is 9.00. The van der Waals surface area contributed by atoms with Crippen molar-refractivity contribution < 1.29 is 18.3 Å². The average Bonchev–Trinajstić information content (AvgIpc) is 2.63. The predicted molar refractivity (Wildman–Crippen MR) is 56.3 cm³/mol. The second-order valence-electron chi connectivity index (χ2n) is 4.08. The van der Waals surface area contributed by atoms with Crippen molar-refractivity contribution in [3.63, 3.8) is 0 Å². The smallest absolute Gasteiger partial charge is 0.395 e. The minimum absolute atomic E-state index is 0.0857. The lowest BCUT2D eigenvalue weighted by atomic mass is 10.0. The van der Waals surface area contributed by atoms with Gasteiger partial charge in [-0.15, -0.1) is 8.78 Å². The van der Waals surface area contributed by atoms with Crippen LogP contribution in [0.1, 0.15) is 11.6 Å². The molecular formula is C11H12F2N2O2. The number of rotatable bonds is 1. The predicted octanol–water partition coefficient (Wildman–Crippen LogP) is 1.24. The van der Waals surface area contributed by atoms with Gasteiger partial charge in [0.2, 0.25) is 0 Å². The first kappa shape index (κ1) is 10.7. The molecule has 1 atom stereocenters. The van der Waals surface area contributed by atoms with Gasteiger partial charge in [0.25, 0.3) is 0 Å². The Morgan fingerprint density at radius 3 is 2.76 bits per heavy atom.